The summed E-state index contributed by atoms with van der Waals surface area (Å²) in [6, 6.07) is 15.3. The fourth-order valence-corrected chi connectivity index (χ4v) is 2.01. The Kier molecular flexibility index (Phi) is 7.26. The molecule has 0 unspecified atom stereocenters. The maximum atomic E-state index is 13.5. The second kappa shape index (κ2) is 9.90. The number of halogens is 1. The Labute approximate surface area is 155 Å². The minimum absolute atomic E-state index is 0.0127. The largest absolute Gasteiger partial charge is 0.343 e. The van der Waals surface area contributed by atoms with Gasteiger partial charge in [0.05, 0.1) is 12.2 Å². The SMILES string of the molecule is O=C(/C=C/c1ccccc1)NCC(=O)NNC(=S)Nc1ccccc1F. The number of benzene rings is 2. The van der Waals surface area contributed by atoms with Gasteiger partial charge in [-0.3, -0.25) is 20.4 Å². The number of rotatable bonds is 5. The molecule has 0 fully saturated rings. The van der Waals surface area contributed by atoms with Crippen LogP contribution < -0.4 is 21.5 Å². The van der Waals surface area contributed by atoms with Crippen molar-refractivity contribution in [1.82, 2.24) is 16.2 Å². The molecule has 0 bridgehead atoms. The Morgan fingerprint density at radius 2 is 1.69 bits per heavy atom. The smallest absolute Gasteiger partial charge is 0.257 e. The van der Waals surface area contributed by atoms with Gasteiger partial charge in [-0.2, -0.15) is 0 Å². The Hall–Kier alpha value is -3.26. The van der Waals surface area contributed by atoms with Crippen LogP contribution in [0.2, 0.25) is 0 Å². The van der Waals surface area contributed by atoms with Crippen molar-refractivity contribution < 1.29 is 14.0 Å². The third-order valence-electron chi connectivity index (χ3n) is 3.09. The van der Waals surface area contributed by atoms with Gasteiger partial charge in [0.2, 0.25) is 5.91 Å². The highest BCUT2D eigenvalue weighted by atomic mass is 32.1. The third kappa shape index (κ3) is 6.70. The Balaban J connectivity index is 1.68. The van der Waals surface area contributed by atoms with Crippen LogP contribution in [-0.2, 0) is 9.59 Å². The molecule has 6 nitrogen and oxygen atoms in total. The lowest BCUT2D eigenvalue weighted by atomic mass is 10.2. The van der Waals surface area contributed by atoms with Crippen molar-refractivity contribution in [3.63, 3.8) is 0 Å². The van der Waals surface area contributed by atoms with E-state index < -0.39 is 17.6 Å². The summed E-state index contributed by atoms with van der Waals surface area (Å²) in [4.78, 5) is 23.3. The molecular weight excluding hydrogens is 355 g/mol. The molecule has 4 N–H and O–H groups in total. The number of nitrogens with one attached hydrogen (secondary N) is 4. The molecule has 0 aliphatic heterocycles. The first-order valence-electron chi connectivity index (χ1n) is 7.66. The number of hydrogen-bond donors (Lipinski definition) is 4. The molecule has 2 amide bonds. The molecule has 134 valence electrons. The molecule has 8 heteroatoms. The summed E-state index contributed by atoms with van der Waals surface area (Å²) in [5, 5.41) is 5.05. The van der Waals surface area contributed by atoms with Gasteiger partial charge < -0.3 is 10.6 Å². The van der Waals surface area contributed by atoms with Crippen LogP contribution in [0, 0.1) is 5.82 Å². The van der Waals surface area contributed by atoms with Crippen molar-refractivity contribution in [3.05, 3.63) is 72.1 Å². The Morgan fingerprint density at radius 1 is 1.00 bits per heavy atom. The highest BCUT2D eigenvalue weighted by Gasteiger charge is 2.05. The van der Waals surface area contributed by atoms with Crippen molar-refractivity contribution in [1.29, 1.82) is 0 Å². The molecule has 0 radical (unpaired) electrons. The van der Waals surface area contributed by atoms with Gasteiger partial charge in [-0.25, -0.2) is 4.39 Å². The summed E-state index contributed by atoms with van der Waals surface area (Å²) in [7, 11) is 0. The quantitative estimate of drug-likeness (QED) is 0.367. The number of anilines is 1. The van der Waals surface area contributed by atoms with Crippen LogP contribution in [-0.4, -0.2) is 23.5 Å². The topological polar surface area (TPSA) is 82.3 Å². The maximum Gasteiger partial charge on any atom is 0.257 e. The van der Waals surface area contributed by atoms with E-state index in [1.54, 1.807) is 18.2 Å². The van der Waals surface area contributed by atoms with E-state index in [-0.39, 0.29) is 17.3 Å². The lowest BCUT2D eigenvalue weighted by molar-refractivity contribution is -0.124. The summed E-state index contributed by atoms with van der Waals surface area (Å²) < 4.78 is 13.5. The number of carbonyl (C=O) groups excluding carboxylic acids is 2. The maximum absolute atomic E-state index is 13.5. The molecule has 2 aromatic rings. The summed E-state index contributed by atoms with van der Waals surface area (Å²) in [5.74, 6) is -1.39. The van der Waals surface area contributed by atoms with Crippen LogP contribution in [0.5, 0.6) is 0 Å². The van der Waals surface area contributed by atoms with Crippen LogP contribution in [0.3, 0.4) is 0 Å². The van der Waals surface area contributed by atoms with Crippen molar-refractivity contribution in [2.45, 2.75) is 0 Å². The van der Waals surface area contributed by atoms with E-state index in [0.29, 0.717) is 0 Å². The summed E-state index contributed by atoms with van der Waals surface area (Å²) in [6.45, 7) is -0.243. The van der Waals surface area contributed by atoms with Crippen LogP contribution in [0.1, 0.15) is 5.56 Å². The number of para-hydroxylation sites is 1. The highest BCUT2D eigenvalue weighted by molar-refractivity contribution is 7.80. The minimum Gasteiger partial charge on any atom is -0.343 e. The minimum atomic E-state index is -0.510. The second-order valence-electron chi connectivity index (χ2n) is 5.07. The first-order valence-corrected chi connectivity index (χ1v) is 8.07. The molecule has 0 atom stereocenters. The molecular formula is C18H17FN4O2S. The van der Waals surface area contributed by atoms with E-state index in [2.05, 4.69) is 21.5 Å². The summed E-state index contributed by atoms with van der Waals surface area (Å²) in [6.07, 6.45) is 2.97. The molecule has 0 aromatic heterocycles. The molecule has 0 aliphatic rings. The second-order valence-corrected chi connectivity index (χ2v) is 5.48. The van der Waals surface area contributed by atoms with Crippen molar-refractivity contribution in [2.75, 3.05) is 11.9 Å². The number of amides is 2. The number of carbonyl (C=O) groups is 2. The fourth-order valence-electron chi connectivity index (χ4n) is 1.85. The normalized spacial score (nSPS) is 10.2. The molecule has 2 rings (SSSR count). The molecule has 26 heavy (non-hydrogen) atoms. The average Bonchev–Trinajstić information content (AvgIpc) is 2.65. The van der Waals surface area contributed by atoms with Gasteiger partial charge in [0.1, 0.15) is 5.82 Å². The van der Waals surface area contributed by atoms with Gasteiger partial charge >= 0.3 is 0 Å². The molecule has 2 aromatic carbocycles. The zero-order valence-corrected chi connectivity index (χ0v) is 14.5. The van der Waals surface area contributed by atoms with E-state index >= 15 is 0 Å². The monoisotopic (exact) mass is 372 g/mol. The van der Waals surface area contributed by atoms with Gasteiger partial charge in [-0.05, 0) is 36.0 Å². The van der Waals surface area contributed by atoms with Crippen LogP contribution in [0.4, 0.5) is 10.1 Å². The molecule has 0 saturated carbocycles. The Bertz CT molecular complexity index is 812. The third-order valence-corrected chi connectivity index (χ3v) is 3.29. The lowest BCUT2D eigenvalue weighted by Gasteiger charge is -2.12. The van der Waals surface area contributed by atoms with Gasteiger partial charge in [0.15, 0.2) is 5.11 Å². The average molecular weight is 372 g/mol. The van der Waals surface area contributed by atoms with Gasteiger partial charge in [-0.1, -0.05) is 42.5 Å². The lowest BCUT2D eigenvalue weighted by Crippen LogP contribution is -2.47. The predicted octanol–water partition coefficient (Wildman–Crippen LogP) is 1.97. The van der Waals surface area contributed by atoms with E-state index in [4.69, 9.17) is 12.2 Å². The molecule has 0 saturated heterocycles. The zero-order chi connectivity index (χ0) is 18.8. The van der Waals surface area contributed by atoms with Crippen LogP contribution in [0.25, 0.3) is 6.08 Å². The Morgan fingerprint density at radius 3 is 2.42 bits per heavy atom. The van der Waals surface area contributed by atoms with E-state index in [1.165, 1.54) is 18.2 Å². The first kappa shape index (κ1) is 19.1. The summed E-state index contributed by atoms with van der Waals surface area (Å²) in [5.41, 5.74) is 5.77. The zero-order valence-electron chi connectivity index (χ0n) is 13.7. The van der Waals surface area contributed by atoms with Crippen molar-refractivity contribution in [3.8, 4) is 0 Å². The van der Waals surface area contributed by atoms with Crippen LogP contribution >= 0.6 is 12.2 Å². The number of hydrogen-bond acceptors (Lipinski definition) is 3. The summed E-state index contributed by atoms with van der Waals surface area (Å²) >= 11 is 4.94. The van der Waals surface area contributed by atoms with E-state index in [1.807, 2.05) is 30.3 Å². The molecule has 0 heterocycles. The number of hydrazine groups is 1. The molecule has 0 spiro atoms. The van der Waals surface area contributed by atoms with Crippen molar-refractivity contribution >= 4 is 40.9 Å². The van der Waals surface area contributed by atoms with Gasteiger partial charge in [-0.15, -0.1) is 0 Å². The van der Waals surface area contributed by atoms with Crippen LogP contribution in [0.15, 0.2) is 60.7 Å². The van der Waals surface area contributed by atoms with Gasteiger partial charge in [0, 0.05) is 6.08 Å². The molecule has 0 aliphatic carbocycles. The van der Waals surface area contributed by atoms with E-state index in [9.17, 15) is 14.0 Å². The highest BCUT2D eigenvalue weighted by Crippen LogP contribution is 2.11. The predicted molar refractivity (Wildman–Crippen MR) is 102 cm³/mol. The van der Waals surface area contributed by atoms with Crippen molar-refractivity contribution in [2.24, 2.45) is 0 Å². The van der Waals surface area contributed by atoms with E-state index in [0.717, 1.165) is 5.56 Å². The standard InChI is InChI=1S/C18H17FN4O2S/c19-14-8-4-5-9-15(14)21-18(26)23-22-17(25)12-20-16(24)11-10-13-6-2-1-3-7-13/h1-11H,12H2,(H,20,24)(H,22,25)(H2,21,23,26)/b11-10+. The first-order chi connectivity index (χ1) is 12.5. The van der Waals surface area contributed by atoms with Gasteiger partial charge in [0.25, 0.3) is 5.91 Å². The number of thiocarbonyl (C=S) groups is 1. The fraction of sp³-hybridized carbons (Fsp3) is 0.0556.